The highest BCUT2D eigenvalue weighted by Crippen LogP contribution is 2.46. The second-order valence-electron chi connectivity index (χ2n) is 10.8. The molecule has 3 amide bonds. The summed E-state index contributed by atoms with van der Waals surface area (Å²) in [7, 11) is 0. The molecule has 3 fully saturated rings. The van der Waals surface area contributed by atoms with Gasteiger partial charge in [-0.3, -0.25) is 15.0 Å². The fraction of sp³-hybridized carbons (Fsp3) is 0.680. The van der Waals surface area contributed by atoms with Crippen LogP contribution in [0.15, 0.2) is 18.2 Å². The van der Waals surface area contributed by atoms with Gasteiger partial charge in [-0.2, -0.15) is 13.2 Å². The molecule has 3 N–H and O–H groups in total. The van der Waals surface area contributed by atoms with Gasteiger partial charge in [-0.05, 0) is 93.5 Å². The summed E-state index contributed by atoms with van der Waals surface area (Å²) in [6.45, 7) is 0.157. The molecule has 192 valence electrons. The average Bonchev–Trinajstić information content (AvgIpc) is 3.55. The van der Waals surface area contributed by atoms with E-state index >= 15 is 0 Å². The standard InChI is InChI=1S/C25H32F3N3O4/c26-25(27,28)15-31-22(34)29-21(33)23(31)7-9-24(35,10-8-23)20-13-18-5-6-19(32)12-17(18)2-1-11-30(20)14-16-3-4-16/h5-6,12,16,20,32,35H,1-4,7-11,13-15H2,(H,29,33,34)/t20-,23?,24?/m1/s1. The third kappa shape index (κ3) is 4.74. The van der Waals surface area contributed by atoms with Crippen molar-refractivity contribution in [1.29, 1.82) is 0 Å². The monoisotopic (exact) mass is 495 g/mol. The van der Waals surface area contributed by atoms with Crippen molar-refractivity contribution in [2.24, 2.45) is 5.92 Å². The summed E-state index contributed by atoms with van der Waals surface area (Å²) in [5.41, 5.74) is -0.683. The molecule has 4 aliphatic rings. The number of hydrogen-bond donors (Lipinski definition) is 3. The largest absolute Gasteiger partial charge is 0.508 e. The summed E-state index contributed by atoms with van der Waals surface area (Å²) in [5.74, 6) is 0.0908. The minimum atomic E-state index is -4.63. The third-order valence-electron chi connectivity index (χ3n) is 8.43. The van der Waals surface area contributed by atoms with E-state index < -0.39 is 35.8 Å². The number of hydrogen-bond acceptors (Lipinski definition) is 5. The number of phenols is 1. The van der Waals surface area contributed by atoms with Gasteiger partial charge in [0.25, 0.3) is 5.91 Å². The summed E-state index contributed by atoms with van der Waals surface area (Å²) in [4.78, 5) is 27.9. The maximum absolute atomic E-state index is 13.2. The second-order valence-corrected chi connectivity index (χ2v) is 10.8. The molecule has 0 aromatic heterocycles. The number of aryl methyl sites for hydroxylation is 1. The van der Waals surface area contributed by atoms with Gasteiger partial charge in [-0.1, -0.05) is 6.07 Å². The number of rotatable bonds is 4. The second kappa shape index (κ2) is 8.65. The first-order chi connectivity index (χ1) is 16.5. The number of aromatic hydroxyl groups is 1. The van der Waals surface area contributed by atoms with Gasteiger partial charge >= 0.3 is 12.2 Å². The molecule has 2 aliphatic carbocycles. The first-order valence-electron chi connectivity index (χ1n) is 12.5. The third-order valence-corrected chi connectivity index (χ3v) is 8.43. The molecule has 10 heteroatoms. The molecular weight excluding hydrogens is 463 g/mol. The summed E-state index contributed by atoms with van der Waals surface area (Å²) in [6.07, 6.45) is 0.156. The van der Waals surface area contributed by atoms with Crippen LogP contribution in [0.2, 0.25) is 0 Å². The maximum Gasteiger partial charge on any atom is 0.406 e. The predicted octanol–water partition coefficient (Wildman–Crippen LogP) is 3.12. The van der Waals surface area contributed by atoms with Crippen molar-refractivity contribution < 1.29 is 33.0 Å². The van der Waals surface area contributed by atoms with Gasteiger partial charge in [0.2, 0.25) is 0 Å². The molecule has 1 aromatic rings. The number of fused-ring (bicyclic) bond motifs is 1. The summed E-state index contributed by atoms with van der Waals surface area (Å²) in [6, 6.07) is 4.02. The molecule has 1 aromatic carbocycles. The molecule has 1 spiro atoms. The summed E-state index contributed by atoms with van der Waals surface area (Å²) in [5, 5.41) is 24.0. The van der Waals surface area contributed by atoms with E-state index in [0.29, 0.717) is 17.2 Å². The number of halogens is 3. The number of amides is 3. The zero-order chi connectivity index (χ0) is 25.0. The van der Waals surface area contributed by atoms with E-state index in [4.69, 9.17) is 0 Å². The Labute approximate surface area is 202 Å². The fourth-order valence-electron chi connectivity index (χ4n) is 6.32. The Morgan fingerprint density at radius 3 is 2.46 bits per heavy atom. The Balaban J connectivity index is 1.42. The Morgan fingerprint density at radius 2 is 1.80 bits per heavy atom. The molecule has 2 saturated carbocycles. The molecule has 35 heavy (non-hydrogen) atoms. The van der Waals surface area contributed by atoms with E-state index in [0.717, 1.165) is 49.9 Å². The Kier molecular flexibility index (Phi) is 6.03. The lowest BCUT2D eigenvalue weighted by Crippen LogP contribution is -2.62. The molecule has 0 radical (unpaired) electrons. The molecule has 1 saturated heterocycles. The zero-order valence-corrected chi connectivity index (χ0v) is 19.6. The molecule has 5 rings (SSSR count). The number of phenolic OH excluding ortho intramolecular Hbond substituents is 1. The number of nitrogens with one attached hydrogen (secondary N) is 1. The van der Waals surface area contributed by atoms with Gasteiger partial charge in [-0.25, -0.2) is 4.79 Å². The van der Waals surface area contributed by atoms with E-state index in [2.05, 4.69) is 10.2 Å². The number of benzene rings is 1. The van der Waals surface area contributed by atoms with Crippen LogP contribution in [-0.2, 0) is 17.6 Å². The zero-order valence-electron chi connectivity index (χ0n) is 19.6. The minimum Gasteiger partial charge on any atom is -0.508 e. The van der Waals surface area contributed by atoms with Gasteiger partial charge in [0.05, 0.1) is 5.60 Å². The highest BCUT2D eigenvalue weighted by molar-refractivity contribution is 6.07. The Bertz CT molecular complexity index is 1000. The van der Waals surface area contributed by atoms with Crippen molar-refractivity contribution in [3.05, 3.63) is 29.3 Å². The summed E-state index contributed by atoms with van der Waals surface area (Å²) < 4.78 is 39.6. The minimum absolute atomic E-state index is 0.0205. The van der Waals surface area contributed by atoms with Gasteiger partial charge in [0.1, 0.15) is 17.8 Å². The fourth-order valence-corrected chi connectivity index (χ4v) is 6.32. The van der Waals surface area contributed by atoms with Crippen molar-refractivity contribution in [3.63, 3.8) is 0 Å². The van der Waals surface area contributed by atoms with Gasteiger partial charge < -0.3 is 15.1 Å². The van der Waals surface area contributed by atoms with Crippen LogP contribution < -0.4 is 5.32 Å². The van der Waals surface area contributed by atoms with Crippen LogP contribution in [0.1, 0.15) is 56.1 Å². The van der Waals surface area contributed by atoms with Crippen LogP contribution in [0.5, 0.6) is 5.75 Å². The lowest BCUT2D eigenvalue weighted by molar-refractivity contribution is -0.161. The topological polar surface area (TPSA) is 93.1 Å². The van der Waals surface area contributed by atoms with Gasteiger partial charge in [-0.15, -0.1) is 0 Å². The number of aliphatic hydroxyl groups is 1. The molecule has 1 atom stereocenters. The summed E-state index contributed by atoms with van der Waals surface area (Å²) >= 11 is 0. The van der Waals surface area contributed by atoms with Crippen LogP contribution in [-0.4, -0.2) is 74.9 Å². The predicted molar refractivity (Wildman–Crippen MR) is 121 cm³/mol. The van der Waals surface area contributed by atoms with Crippen molar-refractivity contribution in [2.75, 3.05) is 19.6 Å². The number of imide groups is 1. The highest BCUT2D eigenvalue weighted by Gasteiger charge is 2.59. The van der Waals surface area contributed by atoms with Crippen molar-refractivity contribution in [2.45, 2.75) is 81.1 Å². The molecule has 0 bridgehead atoms. The van der Waals surface area contributed by atoms with Crippen molar-refractivity contribution >= 4 is 11.9 Å². The van der Waals surface area contributed by atoms with Gasteiger partial charge in [0, 0.05) is 12.6 Å². The first kappa shape index (κ1) is 24.4. The van der Waals surface area contributed by atoms with E-state index in [9.17, 15) is 33.0 Å². The van der Waals surface area contributed by atoms with Crippen LogP contribution in [0, 0.1) is 5.92 Å². The molecule has 7 nitrogen and oxygen atoms in total. The Morgan fingerprint density at radius 1 is 1.09 bits per heavy atom. The van der Waals surface area contributed by atoms with Crippen LogP contribution in [0.25, 0.3) is 0 Å². The SMILES string of the molecule is O=C1NC(=O)C2(CCC(O)([C@H]3Cc4ccc(O)cc4CCCN3CC3CC3)CC2)N1CC(F)(F)F. The van der Waals surface area contributed by atoms with Crippen LogP contribution in [0.4, 0.5) is 18.0 Å². The van der Waals surface area contributed by atoms with E-state index in [-0.39, 0.29) is 37.5 Å². The molecular formula is C25H32F3N3O4. The molecule has 2 heterocycles. The molecule has 0 unspecified atom stereocenters. The van der Waals surface area contributed by atoms with E-state index in [1.807, 2.05) is 6.07 Å². The number of nitrogens with zero attached hydrogens (tertiary/aromatic N) is 2. The maximum atomic E-state index is 13.2. The number of alkyl halides is 3. The molecule has 2 aliphatic heterocycles. The Hall–Kier alpha value is -2.33. The van der Waals surface area contributed by atoms with Crippen LogP contribution >= 0.6 is 0 Å². The quantitative estimate of drug-likeness (QED) is 0.559. The normalized spacial score (nSPS) is 32.3. The van der Waals surface area contributed by atoms with Crippen LogP contribution in [0.3, 0.4) is 0 Å². The number of carbonyl (C=O) groups is 2. The van der Waals surface area contributed by atoms with E-state index in [1.54, 1.807) is 12.1 Å². The smallest absolute Gasteiger partial charge is 0.406 e. The first-order valence-corrected chi connectivity index (χ1v) is 12.5. The average molecular weight is 496 g/mol. The van der Waals surface area contributed by atoms with Gasteiger partial charge in [0.15, 0.2) is 0 Å². The number of carbonyl (C=O) groups excluding carboxylic acids is 2. The van der Waals surface area contributed by atoms with Crippen molar-refractivity contribution in [1.82, 2.24) is 15.1 Å². The van der Waals surface area contributed by atoms with E-state index in [1.165, 1.54) is 0 Å². The highest BCUT2D eigenvalue weighted by atomic mass is 19.4. The lowest BCUT2D eigenvalue weighted by atomic mass is 9.68. The van der Waals surface area contributed by atoms with Crippen molar-refractivity contribution in [3.8, 4) is 5.75 Å². The lowest BCUT2D eigenvalue weighted by Gasteiger charge is -2.50. The number of urea groups is 1.